The average Bonchev–Trinajstić information content (AvgIpc) is 3.23. The first-order valence-electron chi connectivity index (χ1n) is 10.2. The second-order valence-corrected chi connectivity index (χ2v) is 7.74. The van der Waals surface area contributed by atoms with Gasteiger partial charge in [-0.05, 0) is 38.0 Å². The molecule has 8 nitrogen and oxygen atoms in total. The third kappa shape index (κ3) is 2.94. The molecule has 0 aliphatic carbocycles. The molecule has 3 heterocycles. The van der Waals surface area contributed by atoms with Crippen LogP contribution in [0.4, 0.5) is 0 Å². The number of aromatic nitrogens is 5. The van der Waals surface area contributed by atoms with E-state index in [9.17, 15) is 9.59 Å². The van der Waals surface area contributed by atoms with Crippen molar-refractivity contribution in [1.29, 1.82) is 0 Å². The molecule has 4 aromatic rings. The Balaban J connectivity index is 2.04. The highest BCUT2D eigenvalue weighted by Gasteiger charge is 2.21. The average molecular weight is 409 g/mol. The van der Waals surface area contributed by atoms with Crippen LogP contribution in [0.25, 0.3) is 22.6 Å². The maximum absolute atomic E-state index is 13.3. The summed E-state index contributed by atoms with van der Waals surface area (Å²) in [6.45, 7) is 6.48. The molecule has 4 rings (SSSR count). The molecule has 0 unspecified atom stereocenters. The Bertz CT molecular complexity index is 1370. The molecule has 0 saturated carbocycles. The highest BCUT2D eigenvalue weighted by molar-refractivity contribution is 5.76. The van der Waals surface area contributed by atoms with Crippen molar-refractivity contribution in [2.24, 2.45) is 7.05 Å². The first kappa shape index (κ1) is 20.0. The summed E-state index contributed by atoms with van der Waals surface area (Å²) in [5.41, 5.74) is 3.00. The molecule has 1 aromatic carbocycles. The van der Waals surface area contributed by atoms with Crippen LogP contribution in [-0.4, -0.2) is 30.2 Å². The molecule has 8 heteroatoms. The number of methoxy groups -OCH3 is 1. The lowest BCUT2D eigenvalue weighted by Crippen LogP contribution is -2.39. The van der Waals surface area contributed by atoms with Gasteiger partial charge >= 0.3 is 5.69 Å². The Kier molecular flexibility index (Phi) is 5.01. The quantitative estimate of drug-likeness (QED) is 0.459. The van der Waals surface area contributed by atoms with Gasteiger partial charge in [-0.25, -0.2) is 4.79 Å². The molecular formula is C22H27N5O3. The van der Waals surface area contributed by atoms with Crippen LogP contribution in [0, 0.1) is 13.8 Å². The summed E-state index contributed by atoms with van der Waals surface area (Å²) in [6, 6.07) is 5.92. The molecular weight excluding hydrogens is 382 g/mol. The van der Waals surface area contributed by atoms with E-state index < -0.39 is 0 Å². The van der Waals surface area contributed by atoms with Gasteiger partial charge in [-0.15, -0.1) is 0 Å². The topological polar surface area (TPSA) is 75.5 Å². The summed E-state index contributed by atoms with van der Waals surface area (Å²) in [5.74, 6) is 1.28. The lowest BCUT2D eigenvalue weighted by molar-refractivity contribution is 0.413. The number of rotatable bonds is 6. The molecule has 0 aliphatic heterocycles. The molecule has 0 bridgehead atoms. The zero-order chi connectivity index (χ0) is 21.6. The van der Waals surface area contributed by atoms with Gasteiger partial charge in [-0.3, -0.25) is 22.9 Å². The van der Waals surface area contributed by atoms with Crippen molar-refractivity contribution in [2.45, 2.75) is 46.6 Å². The minimum atomic E-state index is -0.333. The van der Waals surface area contributed by atoms with Crippen LogP contribution in [0.1, 0.15) is 37.4 Å². The van der Waals surface area contributed by atoms with Gasteiger partial charge in [0.15, 0.2) is 11.2 Å². The summed E-state index contributed by atoms with van der Waals surface area (Å²) < 4.78 is 12.1. The standard InChI is InChI=1S/C22H27N5O3/c1-6-7-8-11-25-20(28)18-19(24(4)22(25)29)23-21-26(18)13-15(3)27(21)16-12-14(2)9-10-17(16)30-5/h9-10,12-13H,6-8,11H2,1-5H3. The van der Waals surface area contributed by atoms with E-state index in [1.165, 1.54) is 9.13 Å². The van der Waals surface area contributed by atoms with Crippen molar-refractivity contribution < 1.29 is 4.74 Å². The fourth-order valence-electron chi connectivity index (χ4n) is 4.00. The summed E-state index contributed by atoms with van der Waals surface area (Å²) >= 11 is 0. The maximum Gasteiger partial charge on any atom is 0.332 e. The van der Waals surface area contributed by atoms with Crippen molar-refractivity contribution in [3.05, 3.63) is 56.5 Å². The summed E-state index contributed by atoms with van der Waals surface area (Å²) in [4.78, 5) is 30.8. The van der Waals surface area contributed by atoms with Crippen LogP contribution < -0.4 is 16.0 Å². The van der Waals surface area contributed by atoms with Crippen molar-refractivity contribution >= 4 is 16.9 Å². The van der Waals surface area contributed by atoms with Gasteiger partial charge in [0, 0.05) is 25.5 Å². The first-order valence-corrected chi connectivity index (χ1v) is 10.2. The van der Waals surface area contributed by atoms with Gasteiger partial charge in [0.1, 0.15) is 5.75 Å². The molecule has 0 fully saturated rings. The third-order valence-corrected chi connectivity index (χ3v) is 5.59. The molecule has 0 spiro atoms. The van der Waals surface area contributed by atoms with Crippen LogP contribution in [-0.2, 0) is 13.6 Å². The van der Waals surface area contributed by atoms with Gasteiger partial charge in [-0.2, -0.15) is 4.98 Å². The largest absolute Gasteiger partial charge is 0.495 e. The predicted molar refractivity (Wildman–Crippen MR) is 117 cm³/mol. The van der Waals surface area contributed by atoms with Crippen molar-refractivity contribution in [3.63, 3.8) is 0 Å². The minimum absolute atomic E-state index is 0.301. The van der Waals surface area contributed by atoms with Crippen LogP contribution in [0.3, 0.4) is 0 Å². The Hall–Kier alpha value is -3.29. The molecule has 0 saturated heterocycles. The molecule has 30 heavy (non-hydrogen) atoms. The third-order valence-electron chi connectivity index (χ3n) is 5.59. The van der Waals surface area contributed by atoms with Gasteiger partial charge in [0.2, 0.25) is 5.78 Å². The van der Waals surface area contributed by atoms with E-state index in [4.69, 9.17) is 9.72 Å². The predicted octanol–water partition coefficient (Wildman–Crippen LogP) is 2.95. The molecule has 0 atom stereocenters. The lowest BCUT2D eigenvalue weighted by atomic mass is 10.2. The van der Waals surface area contributed by atoms with E-state index >= 15 is 0 Å². The highest BCUT2D eigenvalue weighted by atomic mass is 16.5. The Labute approximate surface area is 174 Å². The van der Waals surface area contributed by atoms with Crippen LogP contribution in [0.2, 0.25) is 0 Å². The number of nitrogens with zero attached hydrogens (tertiary/aromatic N) is 5. The number of hydrogen-bond donors (Lipinski definition) is 0. The Morgan fingerprint density at radius 1 is 1.13 bits per heavy atom. The minimum Gasteiger partial charge on any atom is -0.495 e. The molecule has 158 valence electrons. The summed E-state index contributed by atoms with van der Waals surface area (Å²) in [5, 5.41) is 0. The highest BCUT2D eigenvalue weighted by Crippen LogP contribution is 2.28. The number of benzene rings is 1. The smallest absolute Gasteiger partial charge is 0.332 e. The fraction of sp³-hybridized carbons (Fsp3) is 0.409. The van der Waals surface area contributed by atoms with E-state index in [0.29, 0.717) is 29.2 Å². The SMILES string of the molecule is CCCCCn1c(=O)c2c(nc3n(-c4cc(C)ccc4OC)c(C)cn23)n(C)c1=O. The number of hydrogen-bond acceptors (Lipinski definition) is 4. The fourth-order valence-corrected chi connectivity index (χ4v) is 4.00. The zero-order valence-corrected chi connectivity index (χ0v) is 18.1. The Morgan fingerprint density at radius 2 is 1.90 bits per heavy atom. The van der Waals surface area contributed by atoms with E-state index in [2.05, 4.69) is 6.92 Å². The molecule has 0 amide bonds. The normalized spacial score (nSPS) is 11.6. The van der Waals surface area contributed by atoms with E-state index in [-0.39, 0.29) is 11.2 Å². The molecule has 0 radical (unpaired) electrons. The number of imidazole rings is 2. The zero-order valence-electron chi connectivity index (χ0n) is 18.1. The van der Waals surface area contributed by atoms with Gasteiger partial charge < -0.3 is 4.74 Å². The van der Waals surface area contributed by atoms with Crippen LogP contribution >= 0.6 is 0 Å². The Morgan fingerprint density at radius 3 is 2.60 bits per heavy atom. The number of unbranched alkanes of at least 4 members (excludes halogenated alkanes) is 2. The maximum atomic E-state index is 13.3. The molecule has 0 aliphatic rings. The first-order chi connectivity index (χ1) is 14.4. The van der Waals surface area contributed by atoms with Crippen molar-refractivity contribution in [1.82, 2.24) is 23.1 Å². The number of fused-ring (bicyclic) bond motifs is 3. The van der Waals surface area contributed by atoms with Gasteiger partial charge in [0.25, 0.3) is 5.56 Å². The summed E-state index contributed by atoms with van der Waals surface area (Å²) in [6.07, 6.45) is 4.67. The van der Waals surface area contributed by atoms with Gasteiger partial charge in [0.05, 0.1) is 12.8 Å². The van der Waals surface area contributed by atoms with E-state index in [1.54, 1.807) is 18.6 Å². The lowest BCUT2D eigenvalue weighted by Gasteiger charge is -2.12. The number of aryl methyl sites for hydroxylation is 3. The van der Waals surface area contributed by atoms with Crippen molar-refractivity contribution in [3.8, 4) is 11.4 Å². The van der Waals surface area contributed by atoms with E-state index in [0.717, 1.165) is 36.2 Å². The van der Waals surface area contributed by atoms with Crippen LogP contribution in [0.15, 0.2) is 34.0 Å². The van der Waals surface area contributed by atoms with Crippen LogP contribution in [0.5, 0.6) is 5.75 Å². The molecule has 3 aromatic heterocycles. The number of ether oxygens (including phenoxy) is 1. The second-order valence-electron chi connectivity index (χ2n) is 7.74. The monoisotopic (exact) mass is 409 g/mol. The van der Waals surface area contributed by atoms with Crippen molar-refractivity contribution in [2.75, 3.05) is 7.11 Å². The molecule has 0 N–H and O–H groups in total. The summed E-state index contributed by atoms with van der Waals surface area (Å²) in [7, 11) is 3.29. The van der Waals surface area contributed by atoms with Gasteiger partial charge in [-0.1, -0.05) is 25.8 Å². The van der Waals surface area contributed by atoms with E-state index in [1.807, 2.05) is 42.8 Å². The second kappa shape index (κ2) is 7.51.